The molecule has 0 aliphatic rings. The van der Waals surface area contributed by atoms with Gasteiger partial charge in [0, 0.05) is 12.1 Å². The molecule has 0 unspecified atom stereocenters. The summed E-state index contributed by atoms with van der Waals surface area (Å²) in [6, 6.07) is 16.2. The molecule has 0 aliphatic carbocycles. The number of nitrogens with zero attached hydrogens (tertiary/aromatic N) is 1. The molecule has 0 heterocycles. The van der Waals surface area contributed by atoms with E-state index in [1.807, 2.05) is 45.0 Å². The maximum Gasteiger partial charge on any atom is 0.407 e. The predicted molar refractivity (Wildman–Crippen MR) is 96.6 cm³/mol. The minimum absolute atomic E-state index is 0.394. The summed E-state index contributed by atoms with van der Waals surface area (Å²) in [5.74, 6) is 0.839. The third-order valence-corrected chi connectivity index (χ3v) is 4.04. The van der Waals surface area contributed by atoms with Crippen LogP contribution in [0.1, 0.15) is 26.3 Å². The van der Waals surface area contributed by atoms with E-state index in [4.69, 9.17) is 4.74 Å². The van der Waals surface area contributed by atoms with Crippen LogP contribution in [-0.4, -0.2) is 35.3 Å². The average Bonchev–Trinajstić information content (AvgIpc) is 2.54. The van der Waals surface area contributed by atoms with Gasteiger partial charge in [0.2, 0.25) is 0 Å². The van der Waals surface area contributed by atoms with Gasteiger partial charge in [0.1, 0.15) is 5.75 Å². The van der Waals surface area contributed by atoms with E-state index in [0.29, 0.717) is 13.0 Å². The number of hydrogen-bond donors (Lipinski definition) is 1. The van der Waals surface area contributed by atoms with Gasteiger partial charge in [-0.15, -0.1) is 0 Å². The van der Waals surface area contributed by atoms with Gasteiger partial charge in [0.05, 0.1) is 7.11 Å². The second-order valence-corrected chi connectivity index (χ2v) is 6.78. The van der Waals surface area contributed by atoms with Crippen LogP contribution >= 0.6 is 0 Å². The van der Waals surface area contributed by atoms with E-state index in [1.165, 1.54) is 4.90 Å². The maximum absolute atomic E-state index is 11.4. The number of ether oxygens (including phenoxy) is 1. The summed E-state index contributed by atoms with van der Waals surface area (Å²) in [5.41, 5.74) is 2.99. The Bertz CT molecular complexity index is 670. The third-order valence-electron chi connectivity index (χ3n) is 4.04. The zero-order valence-corrected chi connectivity index (χ0v) is 14.7. The molecule has 2 aromatic rings. The third kappa shape index (κ3) is 4.51. The van der Waals surface area contributed by atoms with Crippen molar-refractivity contribution in [2.75, 3.05) is 13.7 Å². The Labute approximate surface area is 143 Å². The molecule has 4 heteroatoms. The Kier molecular flexibility index (Phi) is 5.50. The lowest BCUT2D eigenvalue weighted by atomic mass is 10.0. The van der Waals surface area contributed by atoms with Crippen LogP contribution in [-0.2, 0) is 6.42 Å². The van der Waals surface area contributed by atoms with E-state index < -0.39 is 11.6 Å². The maximum atomic E-state index is 11.4. The van der Waals surface area contributed by atoms with Crippen LogP contribution in [0.15, 0.2) is 48.5 Å². The normalized spacial score (nSPS) is 11.2. The SMILES string of the molecule is COc1ccc(-c2ccc(CCN(C(=O)O)C(C)(C)C)cc2)cc1. The number of carboxylic acid groups (broad SMARTS) is 1. The van der Waals surface area contributed by atoms with Crippen molar-refractivity contribution < 1.29 is 14.6 Å². The highest BCUT2D eigenvalue weighted by molar-refractivity contribution is 5.66. The van der Waals surface area contributed by atoms with Crippen molar-refractivity contribution in [3.63, 3.8) is 0 Å². The van der Waals surface area contributed by atoms with E-state index in [1.54, 1.807) is 7.11 Å². The van der Waals surface area contributed by atoms with Crippen molar-refractivity contribution in [2.24, 2.45) is 0 Å². The molecule has 0 saturated heterocycles. The van der Waals surface area contributed by atoms with E-state index in [-0.39, 0.29) is 0 Å². The predicted octanol–water partition coefficient (Wildman–Crippen LogP) is 4.68. The summed E-state index contributed by atoms with van der Waals surface area (Å²) in [5, 5.41) is 9.34. The fraction of sp³-hybridized carbons (Fsp3) is 0.350. The fourth-order valence-corrected chi connectivity index (χ4v) is 2.61. The molecule has 1 N–H and O–H groups in total. The van der Waals surface area contributed by atoms with E-state index >= 15 is 0 Å². The molecule has 0 saturated carbocycles. The lowest BCUT2D eigenvalue weighted by molar-refractivity contribution is 0.101. The summed E-state index contributed by atoms with van der Waals surface area (Å²) in [6.07, 6.45) is -0.177. The largest absolute Gasteiger partial charge is 0.497 e. The zero-order chi connectivity index (χ0) is 17.7. The van der Waals surface area contributed by atoms with Gasteiger partial charge in [-0.1, -0.05) is 36.4 Å². The van der Waals surface area contributed by atoms with E-state index in [2.05, 4.69) is 24.3 Å². The van der Waals surface area contributed by atoms with Gasteiger partial charge >= 0.3 is 6.09 Å². The first-order chi connectivity index (χ1) is 11.3. The molecule has 128 valence electrons. The summed E-state index contributed by atoms with van der Waals surface area (Å²) >= 11 is 0. The van der Waals surface area contributed by atoms with Crippen LogP contribution in [0, 0.1) is 0 Å². The van der Waals surface area contributed by atoms with Gasteiger partial charge in [0.15, 0.2) is 0 Å². The Morgan fingerprint density at radius 2 is 1.50 bits per heavy atom. The van der Waals surface area contributed by atoms with Crippen LogP contribution in [0.5, 0.6) is 5.75 Å². The lowest BCUT2D eigenvalue weighted by Gasteiger charge is -2.33. The number of benzene rings is 2. The number of carbonyl (C=O) groups is 1. The second kappa shape index (κ2) is 7.39. The first-order valence-electron chi connectivity index (χ1n) is 8.05. The van der Waals surface area contributed by atoms with Crippen molar-refractivity contribution in [1.82, 2.24) is 4.90 Å². The first kappa shape index (κ1) is 17.9. The topological polar surface area (TPSA) is 49.8 Å². The molecule has 0 radical (unpaired) electrons. The number of amides is 1. The molecule has 2 rings (SSSR count). The summed E-state index contributed by atoms with van der Waals surface area (Å²) in [7, 11) is 1.65. The van der Waals surface area contributed by atoms with Crippen molar-refractivity contribution in [3.8, 4) is 16.9 Å². The van der Waals surface area contributed by atoms with Crippen molar-refractivity contribution in [2.45, 2.75) is 32.7 Å². The quantitative estimate of drug-likeness (QED) is 0.867. The number of hydrogen-bond acceptors (Lipinski definition) is 2. The lowest BCUT2D eigenvalue weighted by Crippen LogP contribution is -2.45. The highest BCUT2D eigenvalue weighted by atomic mass is 16.5. The molecular weight excluding hydrogens is 302 g/mol. The van der Waals surface area contributed by atoms with Gasteiger partial charge in [-0.05, 0) is 56.0 Å². The monoisotopic (exact) mass is 327 g/mol. The van der Waals surface area contributed by atoms with Gasteiger partial charge in [0.25, 0.3) is 0 Å². The van der Waals surface area contributed by atoms with Crippen molar-refractivity contribution >= 4 is 6.09 Å². The fourth-order valence-electron chi connectivity index (χ4n) is 2.61. The smallest absolute Gasteiger partial charge is 0.407 e. The molecule has 0 fully saturated rings. The average molecular weight is 327 g/mol. The molecule has 0 aromatic heterocycles. The molecule has 1 amide bonds. The number of methoxy groups -OCH3 is 1. The van der Waals surface area contributed by atoms with Crippen LogP contribution in [0.4, 0.5) is 4.79 Å². The minimum Gasteiger partial charge on any atom is -0.497 e. The number of rotatable bonds is 5. The van der Waals surface area contributed by atoms with Gasteiger partial charge in [-0.2, -0.15) is 0 Å². The Balaban J connectivity index is 2.05. The molecule has 2 aromatic carbocycles. The van der Waals surface area contributed by atoms with Gasteiger partial charge in [-0.3, -0.25) is 0 Å². The van der Waals surface area contributed by atoms with Gasteiger partial charge < -0.3 is 14.7 Å². The van der Waals surface area contributed by atoms with Crippen molar-refractivity contribution in [1.29, 1.82) is 0 Å². The molecular formula is C20H25NO3. The Morgan fingerprint density at radius 3 is 1.92 bits per heavy atom. The van der Waals surface area contributed by atoms with Gasteiger partial charge in [-0.25, -0.2) is 4.79 Å². The van der Waals surface area contributed by atoms with Crippen LogP contribution in [0.25, 0.3) is 11.1 Å². The minimum atomic E-state index is -0.877. The Hall–Kier alpha value is -2.49. The zero-order valence-electron chi connectivity index (χ0n) is 14.7. The molecule has 0 aliphatic heterocycles. The summed E-state index contributed by atoms with van der Waals surface area (Å²) in [4.78, 5) is 12.9. The molecule has 0 spiro atoms. The highest BCUT2D eigenvalue weighted by Gasteiger charge is 2.25. The molecule has 0 atom stereocenters. The van der Waals surface area contributed by atoms with Crippen LogP contribution in [0.3, 0.4) is 0 Å². The van der Waals surface area contributed by atoms with E-state index in [9.17, 15) is 9.90 Å². The molecule has 24 heavy (non-hydrogen) atoms. The summed E-state index contributed by atoms with van der Waals surface area (Å²) in [6.45, 7) is 6.22. The van der Waals surface area contributed by atoms with E-state index in [0.717, 1.165) is 22.4 Å². The summed E-state index contributed by atoms with van der Waals surface area (Å²) < 4.78 is 5.17. The molecule has 4 nitrogen and oxygen atoms in total. The standard InChI is InChI=1S/C20H25NO3/c1-20(2,3)21(19(22)23)14-13-15-5-7-16(8-6-15)17-9-11-18(24-4)12-10-17/h5-12H,13-14H2,1-4H3,(H,22,23). The molecule has 0 bridgehead atoms. The highest BCUT2D eigenvalue weighted by Crippen LogP contribution is 2.23. The first-order valence-corrected chi connectivity index (χ1v) is 8.05. The second-order valence-electron chi connectivity index (χ2n) is 6.78. The van der Waals surface area contributed by atoms with Crippen LogP contribution in [0.2, 0.25) is 0 Å². The van der Waals surface area contributed by atoms with Crippen molar-refractivity contribution in [3.05, 3.63) is 54.1 Å². The Morgan fingerprint density at radius 1 is 1.00 bits per heavy atom. The van der Waals surface area contributed by atoms with Crippen LogP contribution < -0.4 is 4.74 Å².